The van der Waals surface area contributed by atoms with Crippen LogP contribution in [0.15, 0.2) is 47.4 Å². The average molecular weight is 649 g/mol. The van der Waals surface area contributed by atoms with Crippen LogP contribution in [0.1, 0.15) is 37.3 Å². The summed E-state index contributed by atoms with van der Waals surface area (Å²) in [6.07, 6.45) is 3.45. The van der Waals surface area contributed by atoms with Gasteiger partial charge in [-0.1, -0.05) is 23.7 Å². The number of hydrogen-bond donors (Lipinski definition) is 2. The Kier molecular flexibility index (Phi) is 8.76. The lowest BCUT2D eigenvalue weighted by Crippen LogP contribution is -2.54. The minimum atomic E-state index is -0.984. The van der Waals surface area contributed by atoms with Crippen LogP contribution in [0.5, 0.6) is 0 Å². The van der Waals surface area contributed by atoms with E-state index in [4.69, 9.17) is 16.3 Å². The normalized spacial score (nSPS) is 20.0. The number of nitrogens with zero attached hydrogens (tertiary/aromatic N) is 6. The molecular formula is C33H41ClN8O4. The standard InChI is InChI=1S/C33H41ClN8O4/c1-38-14-16-39(17-15-38)24-6-10-40(11-7-24)31(43)29(20-22-18-23-21-35-37-30(23)26(34)19-22)46-33(45)41-12-8-25(9-13-41)42-28-5-3-2-4-27(28)36-32(42)44/h2-5,18-19,21,24-25,29H,6-17,20H2,1H3,(H,35,37)(H,36,44). The topological polar surface area (TPSA) is 123 Å². The summed E-state index contributed by atoms with van der Waals surface area (Å²) in [5.74, 6) is -0.172. The molecule has 12 nitrogen and oxygen atoms in total. The molecule has 7 rings (SSSR count). The van der Waals surface area contributed by atoms with Crippen molar-refractivity contribution >= 4 is 45.5 Å². The zero-order valence-corrected chi connectivity index (χ0v) is 26.9. The van der Waals surface area contributed by atoms with Gasteiger partial charge in [0.1, 0.15) is 0 Å². The Bertz CT molecular complexity index is 1760. The number of H-pyrrole nitrogens is 2. The molecule has 3 aliphatic rings. The Labute approximate surface area is 272 Å². The molecule has 1 atom stereocenters. The molecule has 0 saturated carbocycles. The number of imidazole rings is 1. The molecule has 3 fully saturated rings. The summed E-state index contributed by atoms with van der Waals surface area (Å²) in [6.45, 7) is 6.37. The number of aromatic amines is 2. The van der Waals surface area contributed by atoms with Crippen molar-refractivity contribution in [2.45, 2.75) is 50.3 Å². The largest absolute Gasteiger partial charge is 0.436 e. The van der Waals surface area contributed by atoms with Gasteiger partial charge in [-0.15, -0.1) is 0 Å². The number of amides is 2. The average Bonchev–Trinajstić information content (AvgIpc) is 3.68. The molecule has 4 aromatic rings. The highest BCUT2D eigenvalue weighted by Gasteiger charge is 2.35. The van der Waals surface area contributed by atoms with E-state index in [1.807, 2.05) is 35.2 Å². The van der Waals surface area contributed by atoms with Crippen molar-refractivity contribution in [1.29, 1.82) is 0 Å². The SMILES string of the molecule is CN1CCN(C2CCN(C(=O)C(Cc3cc(Cl)c4[nH]ncc4c3)OC(=O)N3CCC(n4c(=O)[nH]c5ccccc54)CC3)CC2)CC1. The molecule has 0 bridgehead atoms. The number of halogens is 1. The van der Waals surface area contributed by atoms with Crippen LogP contribution in [0.3, 0.4) is 0 Å². The molecule has 2 amide bonds. The number of hydrogen-bond acceptors (Lipinski definition) is 7. The molecule has 3 aliphatic heterocycles. The number of piperidine rings is 2. The zero-order chi connectivity index (χ0) is 31.8. The number of carbonyl (C=O) groups is 2. The Morgan fingerprint density at radius 3 is 2.41 bits per heavy atom. The first-order valence-corrected chi connectivity index (χ1v) is 16.7. The van der Waals surface area contributed by atoms with E-state index in [9.17, 15) is 14.4 Å². The van der Waals surface area contributed by atoms with E-state index in [0.29, 0.717) is 50.1 Å². The van der Waals surface area contributed by atoms with Gasteiger partial charge in [0, 0.05) is 76.2 Å². The van der Waals surface area contributed by atoms with Crippen molar-refractivity contribution in [2.24, 2.45) is 0 Å². The minimum Gasteiger partial charge on any atom is -0.436 e. The number of likely N-dealkylation sites (N-methyl/N-ethyl adjacent to an activating group) is 1. The Morgan fingerprint density at radius 1 is 0.957 bits per heavy atom. The quantitative estimate of drug-likeness (QED) is 0.328. The van der Waals surface area contributed by atoms with Gasteiger partial charge < -0.3 is 24.4 Å². The molecular weight excluding hydrogens is 608 g/mol. The van der Waals surface area contributed by atoms with Crippen molar-refractivity contribution in [3.05, 3.63) is 63.7 Å². The molecule has 0 spiro atoms. The van der Waals surface area contributed by atoms with Gasteiger partial charge in [0.2, 0.25) is 0 Å². The molecule has 2 N–H and O–H groups in total. The number of likely N-dealkylation sites (tertiary alicyclic amines) is 2. The van der Waals surface area contributed by atoms with Crippen molar-refractivity contribution < 1.29 is 14.3 Å². The van der Waals surface area contributed by atoms with E-state index >= 15 is 0 Å². The highest BCUT2D eigenvalue weighted by atomic mass is 35.5. The molecule has 1 unspecified atom stereocenters. The molecule has 46 heavy (non-hydrogen) atoms. The number of carbonyl (C=O) groups excluding carboxylic acids is 2. The maximum atomic E-state index is 14.0. The third-order valence-corrected chi connectivity index (χ3v) is 10.3. The smallest absolute Gasteiger partial charge is 0.410 e. The van der Waals surface area contributed by atoms with Crippen LogP contribution in [-0.2, 0) is 16.0 Å². The van der Waals surface area contributed by atoms with Crippen LogP contribution in [0.4, 0.5) is 4.79 Å². The second-order valence-corrected chi connectivity index (χ2v) is 13.3. The van der Waals surface area contributed by atoms with Crippen LogP contribution in [0.2, 0.25) is 5.02 Å². The molecule has 0 aliphatic carbocycles. The summed E-state index contributed by atoms with van der Waals surface area (Å²) in [7, 11) is 2.16. The van der Waals surface area contributed by atoms with Crippen molar-refractivity contribution in [3.63, 3.8) is 0 Å². The molecule has 13 heteroatoms. The lowest BCUT2D eigenvalue weighted by Gasteiger charge is -2.42. The van der Waals surface area contributed by atoms with E-state index in [-0.39, 0.29) is 24.1 Å². The summed E-state index contributed by atoms with van der Waals surface area (Å²) >= 11 is 6.53. The van der Waals surface area contributed by atoms with Gasteiger partial charge in [-0.2, -0.15) is 5.10 Å². The number of aromatic nitrogens is 4. The van der Waals surface area contributed by atoms with E-state index in [0.717, 1.165) is 66.5 Å². The van der Waals surface area contributed by atoms with Crippen LogP contribution < -0.4 is 5.69 Å². The maximum Gasteiger partial charge on any atom is 0.410 e. The number of piperazine rings is 1. The lowest BCUT2D eigenvalue weighted by molar-refractivity contribution is -0.142. The van der Waals surface area contributed by atoms with Gasteiger partial charge in [-0.3, -0.25) is 19.4 Å². The number of benzene rings is 2. The minimum absolute atomic E-state index is 0.0319. The number of ether oxygens (including phenoxy) is 1. The zero-order valence-electron chi connectivity index (χ0n) is 26.2. The first-order chi connectivity index (χ1) is 22.3. The van der Waals surface area contributed by atoms with E-state index in [1.54, 1.807) is 21.7 Å². The van der Waals surface area contributed by atoms with Gasteiger partial charge in [0.25, 0.3) is 5.91 Å². The Hall–Kier alpha value is -3.87. The Balaban J connectivity index is 1.03. The predicted molar refractivity (Wildman–Crippen MR) is 176 cm³/mol. The third kappa shape index (κ3) is 6.25. The summed E-state index contributed by atoms with van der Waals surface area (Å²) in [4.78, 5) is 51.7. The molecule has 5 heterocycles. The summed E-state index contributed by atoms with van der Waals surface area (Å²) in [5, 5.41) is 8.33. The molecule has 2 aromatic carbocycles. The number of rotatable bonds is 6. The van der Waals surface area contributed by atoms with Gasteiger partial charge in [-0.05, 0) is 62.6 Å². The fraction of sp³-hybridized carbons (Fsp3) is 0.515. The predicted octanol–water partition coefficient (Wildman–Crippen LogP) is 3.48. The highest BCUT2D eigenvalue weighted by Crippen LogP contribution is 2.28. The van der Waals surface area contributed by atoms with Gasteiger partial charge in [-0.25, -0.2) is 9.59 Å². The first kappa shape index (κ1) is 30.8. The van der Waals surface area contributed by atoms with E-state index < -0.39 is 12.2 Å². The summed E-state index contributed by atoms with van der Waals surface area (Å²) < 4.78 is 7.85. The third-order valence-electron chi connectivity index (χ3n) is 10.0. The van der Waals surface area contributed by atoms with Crippen LogP contribution >= 0.6 is 11.6 Å². The maximum absolute atomic E-state index is 14.0. The fourth-order valence-corrected chi connectivity index (χ4v) is 7.66. The number of nitrogens with one attached hydrogen (secondary N) is 2. The van der Waals surface area contributed by atoms with Gasteiger partial charge in [0.15, 0.2) is 6.10 Å². The number of para-hydroxylation sites is 2. The van der Waals surface area contributed by atoms with Crippen LogP contribution in [0.25, 0.3) is 21.9 Å². The lowest BCUT2D eigenvalue weighted by atomic mass is 10.00. The monoisotopic (exact) mass is 648 g/mol. The van der Waals surface area contributed by atoms with Crippen LogP contribution in [0, 0.1) is 0 Å². The van der Waals surface area contributed by atoms with Gasteiger partial charge >= 0.3 is 11.8 Å². The van der Waals surface area contributed by atoms with E-state index in [1.165, 1.54) is 0 Å². The molecule has 3 saturated heterocycles. The van der Waals surface area contributed by atoms with Crippen molar-refractivity contribution in [2.75, 3.05) is 59.4 Å². The Morgan fingerprint density at radius 2 is 1.65 bits per heavy atom. The fourth-order valence-electron chi connectivity index (χ4n) is 7.37. The van der Waals surface area contributed by atoms with Crippen molar-refractivity contribution in [1.82, 2.24) is 39.3 Å². The van der Waals surface area contributed by atoms with Gasteiger partial charge in [0.05, 0.1) is 27.8 Å². The van der Waals surface area contributed by atoms with Crippen LogP contribution in [-0.4, -0.2) is 123 Å². The second-order valence-electron chi connectivity index (χ2n) is 12.9. The summed E-state index contributed by atoms with van der Waals surface area (Å²) in [6, 6.07) is 11.8. The molecule has 244 valence electrons. The summed E-state index contributed by atoms with van der Waals surface area (Å²) in [5.41, 5.74) is 3.06. The molecule has 2 aromatic heterocycles. The molecule has 0 radical (unpaired) electrons. The number of fused-ring (bicyclic) bond motifs is 2. The second kappa shape index (κ2) is 13.1. The first-order valence-electron chi connectivity index (χ1n) is 16.3. The van der Waals surface area contributed by atoms with Crippen molar-refractivity contribution in [3.8, 4) is 0 Å². The highest BCUT2D eigenvalue weighted by molar-refractivity contribution is 6.35. The van der Waals surface area contributed by atoms with E-state index in [2.05, 4.69) is 32.0 Å².